The van der Waals surface area contributed by atoms with Crippen LogP contribution in [0.4, 0.5) is 14.5 Å². The summed E-state index contributed by atoms with van der Waals surface area (Å²) >= 11 is 1.19. The number of carbonyl (C=O) groups excluding carboxylic acids is 1. The summed E-state index contributed by atoms with van der Waals surface area (Å²) in [6.45, 7) is 1.61. The first-order valence-electron chi connectivity index (χ1n) is 7.34. The molecule has 1 aromatic heterocycles. The van der Waals surface area contributed by atoms with Crippen LogP contribution in [0.3, 0.4) is 0 Å². The van der Waals surface area contributed by atoms with Crippen molar-refractivity contribution in [3.8, 4) is 0 Å². The van der Waals surface area contributed by atoms with Crippen LogP contribution in [-0.2, 0) is 24.6 Å². The smallest absolute Gasteiger partial charge is 0.323 e. The molecule has 1 amide bonds. The molecule has 0 radical (unpaired) electrons. The third-order valence-electron chi connectivity index (χ3n) is 3.66. The molecule has 0 aliphatic rings. The van der Waals surface area contributed by atoms with E-state index in [9.17, 15) is 23.2 Å². The monoisotopic (exact) mass is 369 g/mol. The predicted molar refractivity (Wildman–Crippen MR) is 92.7 cm³/mol. The van der Waals surface area contributed by atoms with Crippen molar-refractivity contribution in [1.29, 1.82) is 0 Å². The molecule has 1 aromatic carbocycles. The molecule has 2 aromatic rings. The Balaban J connectivity index is 2.05. The van der Waals surface area contributed by atoms with E-state index in [-0.39, 0.29) is 11.4 Å². The van der Waals surface area contributed by atoms with Crippen molar-refractivity contribution in [3.05, 3.63) is 62.4 Å². The molecule has 2 rings (SSSR count). The van der Waals surface area contributed by atoms with Gasteiger partial charge in [0.05, 0.1) is 10.9 Å². The number of nitrogens with one attached hydrogen (secondary N) is 1. The van der Waals surface area contributed by atoms with Gasteiger partial charge in [0.15, 0.2) is 0 Å². The summed E-state index contributed by atoms with van der Waals surface area (Å²) in [4.78, 5) is 35.7. The third-order valence-corrected chi connectivity index (χ3v) is 4.84. The van der Waals surface area contributed by atoms with Crippen LogP contribution < -0.4 is 16.6 Å². The van der Waals surface area contributed by atoms with Crippen molar-refractivity contribution < 1.29 is 13.6 Å². The maximum absolute atomic E-state index is 13.6. The minimum absolute atomic E-state index is 0.111. The molecular formula is C16H17F2N3O3S. The van der Waals surface area contributed by atoms with Crippen LogP contribution in [0.25, 0.3) is 0 Å². The van der Waals surface area contributed by atoms with Crippen LogP contribution in [0.2, 0.25) is 0 Å². The van der Waals surface area contributed by atoms with Crippen molar-refractivity contribution >= 4 is 23.4 Å². The van der Waals surface area contributed by atoms with Gasteiger partial charge in [-0.2, -0.15) is 0 Å². The van der Waals surface area contributed by atoms with Gasteiger partial charge in [0.2, 0.25) is 5.91 Å². The van der Waals surface area contributed by atoms with Gasteiger partial charge in [-0.15, -0.1) is 11.8 Å². The number of hydrogen-bond acceptors (Lipinski definition) is 4. The molecule has 1 heterocycles. The zero-order chi connectivity index (χ0) is 18.7. The van der Waals surface area contributed by atoms with Crippen LogP contribution in [0.15, 0.2) is 33.9 Å². The summed E-state index contributed by atoms with van der Waals surface area (Å²) in [6, 6.07) is 4.21. The van der Waals surface area contributed by atoms with E-state index in [1.165, 1.54) is 36.5 Å². The van der Waals surface area contributed by atoms with Crippen molar-refractivity contribution in [2.45, 2.75) is 17.9 Å². The van der Waals surface area contributed by atoms with Gasteiger partial charge in [0, 0.05) is 37.7 Å². The molecule has 134 valence electrons. The lowest BCUT2D eigenvalue weighted by Gasteiger charge is -2.14. The van der Waals surface area contributed by atoms with Crippen molar-refractivity contribution in [2.24, 2.45) is 14.1 Å². The first kappa shape index (κ1) is 18.9. The zero-order valence-electron chi connectivity index (χ0n) is 13.9. The van der Waals surface area contributed by atoms with E-state index < -0.39 is 34.0 Å². The van der Waals surface area contributed by atoms with E-state index in [1.54, 1.807) is 6.92 Å². The summed E-state index contributed by atoms with van der Waals surface area (Å²) < 4.78 is 28.8. The summed E-state index contributed by atoms with van der Waals surface area (Å²) in [5.74, 6) is -1.81. The Labute approximate surface area is 146 Å². The van der Waals surface area contributed by atoms with Crippen molar-refractivity contribution in [1.82, 2.24) is 9.13 Å². The number of anilines is 1. The number of amides is 1. The second-order valence-electron chi connectivity index (χ2n) is 5.44. The maximum Gasteiger partial charge on any atom is 0.330 e. The van der Waals surface area contributed by atoms with E-state index in [1.807, 2.05) is 0 Å². The molecular weight excluding hydrogens is 352 g/mol. The van der Waals surface area contributed by atoms with E-state index in [0.717, 1.165) is 16.7 Å². The first-order valence-corrected chi connectivity index (χ1v) is 8.39. The Kier molecular flexibility index (Phi) is 5.78. The van der Waals surface area contributed by atoms with Crippen molar-refractivity contribution in [2.75, 3.05) is 5.32 Å². The SMILES string of the molecule is CC(SCc1cc(=O)n(C)c(=O)n1C)C(=O)Nc1ccc(F)cc1F. The van der Waals surface area contributed by atoms with Crippen LogP contribution in [-0.4, -0.2) is 20.3 Å². The highest BCUT2D eigenvalue weighted by molar-refractivity contribution is 7.99. The lowest BCUT2D eigenvalue weighted by molar-refractivity contribution is -0.115. The van der Waals surface area contributed by atoms with E-state index in [4.69, 9.17) is 0 Å². The minimum Gasteiger partial charge on any atom is -0.323 e. The number of rotatable bonds is 5. The van der Waals surface area contributed by atoms with Crippen LogP contribution in [0.5, 0.6) is 0 Å². The molecule has 0 aliphatic heterocycles. The van der Waals surface area contributed by atoms with Gasteiger partial charge in [0.1, 0.15) is 11.6 Å². The molecule has 0 spiro atoms. The number of aromatic nitrogens is 2. The highest BCUT2D eigenvalue weighted by Gasteiger charge is 2.17. The summed E-state index contributed by atoms with van der Waals surface area (Å²) in [7, 11) is 2.92. The Morgan fingerprint density at radius 1 is 1.20 bits per heavy atom. The molecule has 9 heteroatoms. The zero-order valence-corrected chi connectivity index (χ0v) is 14.7. The fourth-order valence-corrected chi connectivity index (χ4v) is 2.94. The molecule has 1 N–H and O–H groups in total. The second kappa shape index (κ2) is 7.64. The third kappa shape index (κ3) is 4.36. The molecule has 0 saturated heterocycles. The first-order chi connectivity index (χ1) is 11.7. The Morgan fingerprint density at radius 2 is 1.88 bits per heavy atom. The van der Waals surface area contributed by atoms with Gasteiger partial charge in [-0.1, -0.05) is 0 Å². The second-order valence-corrected chi connectivity index (χ2v) is 6.77. The molecule has 0 aliphatic carbocycles. The quantitative estimate of drug-likeness (QED) is 0.869. The normalized spacial score (nSPS) is 12.0. The molecule has 1 unspecified atom stereocenters. The number of benzene rings is 1. The van der Waals surface area contributed by atoms with Crippen LogP contribution in [0, 0.1) is 11.6 Å². The summed E-state index contributed by atoms with van der Waals surface area (Å²) in [5.41, 5.74) is -0.511. The Hall–Kier alpha value is -2.42. The molecule has 0 fully saturated rings. The topological polar surface area (TPSA) is 73.1 Å². The highest BCUT2D eigenvalue weighted by atomic mass is 32.2. The van der Waals surface area contributed by atoms with Gasteiger partial charge in [0.25, 0.3) is 5.56 Å². The number of thioether (sulfide) groups is 1. The number of carbonyl (C=O) groups is 1. The summed E-state index contributed by atoms with van der Waals surface area (Å²) in [5, 5.41) is 1.80. The fraction of sp³-hybridized carbons (Fsp3) is 0.312. The molecule has 25 heavy (non-hydrogen) atoms. The summed E-state index contributed by atoms with van der Waals surface area (Å²) in [6.07, 6.45) is 0. The average molecular weight is 369 g/mol. The standard InChI is InChI=1S/C16H17F2N3O3S/c1-9(15(23)19-13-5-4-10(17)6-12(13)18)25-8-11-7-14(22)21(3)16(24)20(11)2/h4-7,9H,8H2,1-3H3,(H,19,23). The lowest BCUT2D eigenvalue weighted by Crippen LogP contribution is -2.38. The number of nitrogens with zero attached hydrogens (tertiary/aromatic N) is 2. The van der Waals surface area contributed by atoms with Crippen LogP contribution in [0.1, 0.15) is 12.6 Å². The number of hydrogen-bond donors (Lipinski definition) is 1. The van der Waals surface area contributed by atoms with Gasteiger partial charge >= 0.3 is 5.69 Å². The molecule has 6 nitrogen and oxygen atoms in total. The van der Waals surface area contributed by atoms with Crippen molar-refractivity contribution in [3.63, 3.8) is 0 Å². The maximum atomic E-state index is 13.6. The minimum atomic E-state index is -0.862. The molecule has 1 atom stereocenters. The van der Waals surface area contributed by atoms with Gasteiger partial charge < -0.3 is 5.32 Å². The Morgan fingerprint density at radius 3 is 2.52 bits per heavy atom. The van der Waals surface area contributed by atoms with Gasteiger partial charge in [-0.05, 0) is 19.1 Å². The van der Waals surface area contributed by atoms with E-state index >= 15 is 0 Å². The largest absolute Gasteiger partial charge is 0.330 e. The Bertz CT molecular complexity index is 924. The van der Waals surface area contributed by atoms with Crippen LogP contribution >= 0.6 is 11.8 Å². The fourth-order valence-electron chi connectivity index (χ4n) is 2.03. The van der Waals surface area contributed by atoms with E-state index in [2.05, 4.69) is 5.32 Å². The van der Waals surface area contributed by atoms with Gasteiger partial charge in [-0.25, -0.2) is 13.6 Å². The highest BCUT2D eigenvalue weighted by Crippen LogP contribution is 2.20. The van der Waals surface area contributed by atoms with Gasteiger partial charge in [-0.3, -0.25) is 18.7 Å². The lowest BCUT2D eigenvalue weighted by atomic mass is 10.3. The van der Waals surface area contributed by atoms with E-state index in [0.29, 0.717) is 11.8 Å². The number of halogens is 2. The predicted octanol–water partition coefficient (Wildman–Crippen LogP) is 1.62. The molecule has 0 bridgehead atoms. The molecule has 0 saturated carbocycles. The average Bonchev–Trinajstić information content (AvgIpc) is 2.57.